The zero-order valence-electron chi connectivity index (χ0n) is 12.7. The smallest absolute Gasteiger partial charge is 0.161 e. The Hall–Kier alpha value is -2.36. The van der Waals surface area contributed by atoms with Crippen LogP contribution in [0.15, 0.2) is 36.4 Å². The van der Waals surface area contributed by atoms with Crippen molar-refractivity contribution in [3.8, 4) is 17.2 Å². The van der Waals surface area contributed by atoms with Gasteiger partial charge in [-0.2, -0.15) is 0 Å². The molecule has 0 fully saturated rings. The largest absolute Gasteiger partial charge is 0.493 e. The van der Waals surface area contributed by atoms with E-state index in [0.717, 1.165) is 28.3 Å². The lowest BCUT2D eigenvalue weighted by atomic mass is 10.1. The Morgan fingerprint density at radius 1 is 0.857 bits per heavy atom. The van der Waals surface area contributed by atoms with Gasteiger partial charge < -0.3 is 19.9 Å². The minimum Gasteiger partial charge on any atom is -0.493 e. The van der Waals surface area contributed by atoms with E-state index in [0.29, 0.717) is 19.0 Å². The van der Waals surface area contributed by atoms with Crippen LogP contribution in [0.1, 0.15) is 11.1 Å². The zero-order chi connectivity index (χ0) is 15.2. The minimum absolute atomic E-state index is 0.448. The van der Waals surface area contributed by atoms with Crippen LogP contribution in [0.3, 0.4) is 0 Å². The molecule has 0 bridgehead atoms. The molecular weight excluding hydrogens is 266 g/mol. The maximum atomic E-state index is 5.86. The van der Waals surface area contributed by atoms with E-state index in [-0.39, 0.29) is 0 Å². The maximum Gasteiger partial charge on any atom is 0.161 e. The molecule has 2 rings (SSSR count). The minimum atomic E-state index is 0.448. The van der Waals surface area contributed by atoms with Crippen molar-refractivity contribution in [3.05, 3.63) is 47.5 Å². The first kappa shape index (κ1) is 15.0. The van der Waals surface area contributed by atoms with Crippen molar-refractivity contribution in [1.29, 1.82) is 0 Å². The normalized spacial score (nSPS) is 10.2. The SMILES string of the molecule is COc1ccccc1OCCOc1cc(C)c(N)cc1C. The number of benzene rings is 2. The summed E-state index contributed by atoms with van der Waals surface area (Å²) in [6.45, 7) is 4.85. The summed E-state index contributed by atoms with van der Waals surface area (Å²) in [5, 5.41) is 0. The Balaban J connectivity index is 1.89. The van der Waals surface area contributed by atoms with Gasteiger partial charge in [0.05, 0.1) is 7.11 Å². The number of nitrogen functional groups attached to an aromatic ring is 1. The molecule has 0 amide bonds. The number of anilines is 1. The molecule has 0 unspecified atom stereocenters. The van der Waals surface area contributed by atoms with Crippen LogP contribution in [-0.2, 0) is 0 Å². The van der Waals surface area contributed by atoms with Gasteiger partial charge in [0.1, 0.15) is 19.0 Å². The van der Waals surface area contributed by atoms with Crippen molar-refractivity contribution in [3.63, 3.8) is 0 Å². The van der Waals surface area contributed by atoms with Crippen LogP contribution in [0, 0.1) is 13.8 Å². The van der Waals surface area contributed by atoms with E-state index in [1.54, 1.807) is 7.11 Å². The number of rotatable bonds is 6. The zero-order valence-corrected chi connectivity index (χ0v) is 12.7. The van der Waals surface area contributed by atoms with Crippen molar-refractivity contribution >= 4 is 5.69 Å². The van der Waals surface area contributed by atoms with Gasteiger partial charge in [-0.1, -0.05) is 12.1 Å². The molecule has 21 heavy (non-hydrogen) atoms. The van der Waals surface area contributed by atoms with Crippen LogP contribution >= 0.6 is 0 Å². The first-order valence-corrected chi connectivity index (χ1v) is 6.87. The quantitative estimate of drug-likeness (QED) is 0.654. The molecular formula is C17H21NO3. The number of para-hydroxylation sites is 2. The van der Waals surface area contributed by atoms with E-state index >= 15 is 0 Å². The third-order valence-corrected chi connectivity index (χ3v) is 3.23. The highest BCUT2D eigenvalue weighted by molar-refractivity contribution is 5.53. The summed E-state index contributed by atoms with van der Waals surface area (Å²) in [5.74, 6) is 2.27. The molecule has 0 aliphatic heterocycles. The number of methoxy groups -OCH3 is 1. The number of hydrogen-bond donors (Lipinski definition) is 1. The third-order valence-electron chi connectivity index (χ3n) is 3.23. The summed E-state index contributed by atoms with van der Waals surface area (Å²) in [7, 11) is 1.62. The molecule has 0 saturated heterocycles. The fraction of sp³-hybridized carbons (Fsp3) is 0.294. The van der Waals surface area contributed by atoms with Crippen molar-refractivity contribution < 1.29 is 14.2 Å². The molecule has 112 valence electrons. The molecule has 2 N–H and O–H groups in total. The Morgan fingerprint density at radius 3 is 2.14 bits per heavy atom. The van der Waals surface area contributed by atoms with Crippen LogP contribution in [0.5, 0.6) is 17.2 Å². The topological polar surface area (TPSA) is 53.7 Å². The monoisotopic (exact) mass is 287 g/mol. The van der Waals surface area contributed by atoms with Crippen LogP contribution in [0.4, 0.5) is 5.69 Å². The number of aryl methyl sites for hydroxylation is 2. The summed E-state index contributed by atoms with van der Waals surface area (Å²) in [6.07, 6.45) is 0. The van der Waals surface area contributed by atoms with Crippen molar-refractivity contribution in [2.75, 3.05) is 26.1 Å². The van der Waals surface area contributed by atoms with Gasteiger partial charge in [-0.3, -0.25) is 0 Å². The molecule has 0 radical (unpaired) electrons. The highest BCUT2D eigenvalue weighted by Crippen LogP contribution is 2.26. The molecule has 4 nitrogen and oxygen atoms in total. The molecule has 4 heteroatoms. The second-order valence-electron chi connectivity index (χ2n) is 4.82. The fourth-order valence-electron chi connectivity index (χ4n) is 2.01. The highest BCUT2D eigenvalue weighted by Gasteiger charge is 2.05. The third kappa shape index (κ3) is 3.81. The Morgan fingerprint density at radius 2 is 1.48 bits per heavy atom. The van der Waals surface area contributed by atoms with E-state index in [2.05, 4.69) is 0 Å². The van der Waals surface area contributed by atoms with E-state index in [1.807, 2.05) is 50.2 Å². The van der Waals surface area contributed by atoms with Gasteiger partial charge in [-0.05, 0) is 49.2 Å². The van der Waals surface area contributed by atoms with Gasteiger partial charge in [-0.25, -0.2) is 0 Å². The first-order chi connectivity index (χ1) is 10.1. The van der Waals surface area contributed by atoms with Gasteiger partial charge in [-0.15, -0.1) is 0 Å². The molecule has 0 aliphatic rings. The average Bonchev–Trinajstić information content (AvgIpc) is 2.49. The second-order valence-corrected chi connectivity index (χ2v) is 4.82. The summed E-state index contributed by atoms with van der Waals surface area (Å²) < 4.78 is 16.6. The van der Waals surface area contributed by atoms with E-state index in [1.165, 1.54) is 0 Å². The van der Waals surface area contributed by atoms with Crippen molar-refractivity contribution in [2.24, 2.45) is 0 Å². The van der Waals surface area contributed by atoms with Crippen LogP contribution < -0.4 is 19.9 Å². The Kier molecular flexibility index (Phi) is 4.93. The lowest BCUT2D eigenvalue weighted by Crippen LogP contribution is -2.10. The number of hydrogen-bond acceptors (Lipinski definition) is 4. The lowest BCUT2D eigenvalue weighted by molar-refractivity contribution is 0.210. The van der Waals surface area contributed by atoms with Crippen molar-refractivity contribution in [1.82, 2.24) is 0 Å². The van der Waals surface area contributed by atoms with Gasteiger partial charge in [0, 0.05) is 5.69 Å². The van der Waals surface area contributed by atoms with Gasteiger partial charge in [0.25, 0.3) is 0 Å². The summed E-state index contributed by atoms with van der Waals surface area (Å²) in [6, 6.07) is 11.4. The summed E-state index contributed by atoms with van der Waals surface area (Å²) in [5.41, 5.74) is 8.68. The van der Waals surface area contributed by atoms with Gasteiger partial charge in [0.2, 0.25) is 0 Å². The summed E-state index contributed by atoms with van der Waals surface area (Å²) >= 11 is 0. The fourth-order valence-corrected chi connectivity index (χ4v) is 2.01. The molecule has 0 heterocycles. The first-order valence-electron chi connectivity index (χ1n) is 6.87. The van der Waals surface area contributed by atoms with Crippen LogP contribution in [0.2, 0.25) is 0 Å². The van der Waals surface area contributed by atoms with E-state index < -0.39 is 0 Å². The molecule has 0 aliphatic carbocycles. The van der Waals surface area contributed by atoms with Gasteiger partial charge >= 0.3 is 0 Å². The lowest BCUT2D eigenvalue weighted by Gasteiger charge is -2.13. The Bertz CT molecular complexity index is 611. The van der Waals surface area contributed by atoms with Crippen molar-refractivity contribution in [2.45, 2.75) is 13.8 Å². The molecule has 0 aromatic heterocycles. The molecule has 2 aromatic rings. The van der Waals surface area contributed by atoms with Crippen LogP contribution in [-0.4, -0.2) is 20.3 Å². The van der Waals surface area contributed by atoms with E-state index in [4.69, 9.17) is 19.9 Å². The molecule has 0 saturated carbocycles. The standard InChI is InChI=1S/C17H21NO3/c1-12-11-17(13(2)10-14(12)18)21-9-8-20-16-7-5-4-6-15(16)19-3/h4-7,10-11H,8-9,18H2,1-3H3. The van der Waals surface area contributed by atoms with Crippen LogP contribution in [0.25, 0.3) is 0 Å². The number of nitrogens with two attached hydrogens (primary N) is 1. The predicted molar refractivity (Wildman–Crippen MR) is 84.3 cm³/mol. The average molecular weight is 287 g/mol. The second kappa shape index (κ2) is 6.88. The molecule has 0 spiro atoms. The molecule has 0 atom stereocenters. The number of ether oxygens (including phenoxy) is 3. The highest BCUT2D eigenvalue weighted by atomic mass is 16.5. The van der Waals surface area contributed by atoms with E-state index in [9.17, 15) is 0 Å². The van der Waals surface area contributed by atoms with Gasteiger partial charge in [0.15, 0.2) is 11.5 Å². The summed E-state index contributed by atoms with van der Waals surface area (Å²) in [4.78, 5) is 0. The molecule has 2 aromatic carbocycles. The maximum absolute atomic E-state index is 5.86. The predicted octanol–water partition coefficient (Wildman–Crippen LogP) is 3.35. The Labute approximate surface area is 125 Å².